The molecule has 0 saturated carbocycles. The van der Waals surface area contributed by atoms with Crippen LogP contribution in [0.25, 0.3) is 0 Å². The van der Waals surface area contributed by atoms with E-state index in [2.05, 4.69) is 0 Å². The van der Waals surface area contributed by atoms with Crippen LogP contribution in [0.1, 0.15) is 33.6 Å². The number of Topliss-reactive ketones (excluding diaryl/α,β-unsaturated/α-hetero) is 1. The van der Waals surface area contributed by atoms with Crippen LogP contribution in [0.15, 0.2) is 35.2 Å². The molecule has 24 heavy (non-hydrogen) atoms. The van der Waals surface area contributed by atoms with Crippen molar-refractivity contribution in [3.8, 4) is 0 Å². The molecule has 0 aliphatic carbocycles. The Morgan fingerprint density at radius 3 is 2.38 bits per heavy atom. The van der Waals surface area contributed by atoms with Gasteiger partial charge in [-0.2, -0.15) is 0 Å². The van der Waals surface area contributed by atoms with Gasteiger partial charge in [0.15, 0.2) is 15.6 Å². The number of carbonyl (C=O) groups excluding carboxylic acids is 2. The summed E-state index contributed by atoms with van der Waals surface area (Å²) in [7, 11) is -3.83. The topological polar surface area (TPSA) is 80.8 Å². The average molecular weight is 351 g/mol. The molecule has 0 aromatic heterocycles. The van der Waals surface area contributed by atoms with E-state index in [0.717, 1.165) is 0 Å². The Balaban J connectivity index is 1.93. The van der Waals surface area contributed by atoms with E-state index in [9.17, 15) is 18.0 Å². The van der Waals surface area contributed by atoms with Crippen LogP contribution >= 0.6 is 0 Å². The number of carbonyl (C=O) groups is 2. The summed E-state index contributed by atoms with van der Waals surface area (Å²) in [6, 6.07) is 6.57. The van der Waals surface area contributed by atoms with E-state index in [-0.39, 0.29) is 4.90 Å². The molecule has 2 aliphatic rings. The Labute approximate surface area is 141 Å². The monoisotopic (exact) mass is 351 g/mol. The molecule has 0 spiro atoms. The maximum absolute atomic E-state index is 12.9. The van der Waals surface area contributed by atoms with Crippen LogP contribution in [0.5, 0.6) is 0 Å². The largest absolute Gasteiger partial charge is 0.444 e. The second-order valence-electron chi connectivity index (χ2n) is 7.23. The highest BCUT2D eigenvalue weighted by atomic mass is 32.2. The van der Waals surface area contributed by atoms with Crippen molar-refractivity contribution >= 4 is 21.7 Å². The van der Waals surface area contributed by atoms with E-state index in [1.54, 1.807) is 39.0 Å². The number of rotatable bonds is 2. The number of hydrogen-bond donors (Lipinski definition) is 0. The van der Waals surface area contributed by atoms with Crippen molar-refractivity contribution in [3.05, 3.63) is 30.3 Å². The maximum Gasteiger partial charge on any atom is 0.411 e. The Bertz CT molecular complexity index is 766. The van der Waals surface area contributed by atoms with Crippen molar-refractivity contribution in [2.24, 2.45) is 0 Å². The van der Waals surface area contributed by atoms with Crippen molar-refractivity contribution < 1.29 is 22.7 Å². The van der Waals surface area contributed by atoms with E-state index in [4.69, 9.17) is 4.74 Å². The summed E-state index contributed by atoms with van der Waals surface area (Å²) in [6.07, 6.45) is 0.366. The lowest BCUT2D eigenvalue weighted by Crippen LogP contribution is -2.43. The first-order valence-corrected chi connectivity index (χ1v) is 9.51. The molecule has 6 nitrogen and oxygen atoms in total. The summed E-state index contributed by atoms with van der Waals surface area (Å²) in [5.74, 6) is -0.402. The standard InChI is InChI=1S/C17H21NO5S/c1-17(2,3)23-16(20)18-12-9-10-13(18)15(14(12)19)24(21,22)11-7-5-4-6-8-11/h4-8,12-13,15H,9-10H2,1-3H3. The summed E-state index contributed by atoms with van der Waals surface area (Å²) in [6.45, 7) is 5.22. The fourth-order valence-corrected chi connectivity index (χ4v) is 5.46. The lowest BCUT2D eigenvalue weighted by molar-refractivity contribution is -0.120. The molecule has 0 N–H and O–H groups in total. The zero-order valence-electron chi connectivity index (χ0n) is 13.9. The number of ketones is 1. The first kappa shape index (κ1) is 17.0. The van der Waals surface area contributed by atoms with E-state index in [0.29, 0.717) is 12.8 Å². The molecule has 2 bridgehead atoms. The third kappa shape index (κ3) is 2.70. The van der Waals surface area contributed by atoms with Crippen molar-refractivity contribution in [1.29, 1.82) is 0 Å². The fourth-order valence-electron chi connectivity index (χ4n) is 3.49. The van der Waals surface area contributed by atoms with Crippen LogP contribution in [-0.4, -0.2) is 48.1 Å². The second kappa shape index (κ2) is 5.58. The fraction of sp³-hybridized carbons (Fsp3) is 0.529. The zero-order valence-corrected chi connectivity index (χ0v) is 14.7. The second-order valence-corrected chi connectivity index (χ2v) is 9.30. The molecule has 1 aromatic rings. The van der Waals surface area contributed by atoms with Gasteiger partial charge in [-0.05, 0) is 45.7 Å². The number of nitrogens with zero attached hydrogens (tertiary/aromatic N) is 1. The minimum absolute atomic E-state index is 0.111. The molecule has 0 radical (unpaired) electrons. The summed E-state index contributed by atoms with van der Waals surface area (Å²) in [4.78, 5) is 26.5. The van der Waals surface area contributed by atoms with E-state index in [1.165, 1.54) is 17.0 Å². The van der Waals surface area contributed by atoms with Crippen LogP contribution in [0.4, 0.5) is 4.79 Å². The maximum atomic E-state index is 12.9. The molecule has 2 heterocycles. The van der Waals surface area contributed by atoms with Gasteiger partial charge in [0.05, 0.1) is 17.0 Å². The lowest BCUT2D eigenvalue weighted by atomic mass is 9.99. The lowest BCUT2D eigenvalue weighted by Gasteiger charge is -2.27. The highest BCUT2D eigenvalue weighted by Crippen LogP contribution is 2.41. The molecule has 130 valence electrons. The Kier molecular flexibility index (Phi) is 3.94. The highest BCUT2D eigenvalue weighted by molar-refractivity contribution is 7.93. The molecule has 3 rings (SSSR count). The SMILES string of the molecule is CC(C)(C)OC(=O)N1C2CCC1C(S(=O)(=O)c1ccccc1)C2=O. The van der Waals surface area contributed by atoms with Crippen molar-refractivity contribution in [2.75, 3.05) is 0 Å². The molecule has 1 aromatic carbocycles. The predicted molar refractivity (Wildman–Crippen MR) is 87.3 cm³/mol. The Morgan fingerprint density at radius 2 is 1.79 bits per heavy atom. The predicted octanol–water partition coefficient (Wildman–Crippen LogP) is 2.18. The van der Waals surface area contributed by atoms with Crippen molar-refractivity contribution in [1.82, 2.24) is 4.90 Å². The average Bonchev–Trinajstić information content (AvgIpc) is 3.02. The van der Waals surface area contributed by atoms with Gasteiger partial charge in [0.25, 0.3) is 0 Å². The van der Waals surface area contributed by atoms with Crippen LogP contribution in [0, 0.1) is 0 Å². The highest BCUT2D eigenvalue weighted by Gasteiger charge is 2.60. The van der Waals surface area contributed by atoms with Gasteiger partial charge in [0.1, 0.15) is 10.9 Å². The van der Waals surface area contributed by atoms with Crippen molar-refractivity contribution in [2.45, 2.75) is 61.4 Å². The molecular weight excluding hydrogens is 330 g/mol. The summed E-state index contributed by atoms with van der Waals surface area (Å²) < 4.78 is 31.1. The quantitative estimate of drug-likeness (QED) is 0.816. The van der Waals surface area contributed by atoms with Crippen LogP contribution < -0.4 is 0 Å². The van der Waals surface area contributed by atoms with Gasteiger partial charge in [0, 0.05) is 0 Å². The third-order valence-electron chi connectivity index (χ3n) is 4.40. The van der Waals surface area contributed by atoms with E-state index >= 15 is 0 Å². The van der Waals surface area contributed by atoms with E-state index in [1.807, 2.05) is 0 Å². The number of fused-ring (bicyclic) bond motifs is 2. The first-order chi connectivity index (χ1) is 11.1. The number of sulfone groups is 1. The van der Waals surface area contributed by atoms with Gasteiger partial charge in [-0.25, -0.2) is 13.2 Å². The van der Waals surface area contributed by atoms with Gasteiger partial charge < -0.3 is 4.74 Å². The smallest absolute Gasteiger partial charge is 0.411 e. The summed E-state index contributed by atoms with van der Waals surface area (Å²) in [5.41, 5.74) is -0.698. The first-order valence-electron chi connectivity index (χ1n) is 7.97. The molecule has 3 atom stereocenters. The van der Waals surface area contributed by atoms with Gasteiger partial charge in [-0.1, -0.05) is 18.2 Å². The number of hydrogen-bond acceptors (Lipinski definition) is 5. The van der Waals surface area contributed by atoms with Gasteiger partial charge in [0.2, 0.25) is 0 Å². The summed E-state index contributed by atoms with van der Waals surface area (Å²) >= 11 is 0. The van der Waals surface area contributed by atoms with Crippen LogP contribution in [0.3, 0.4) is 0 Å². The van der Waals surface area contributed by atoms with Crippen LogP contribution in [0.2, 0.25) is 0 Å². The molecule has 3 unspecified atom stereocenters. The van der Waals surface area contributed by atoms with E-state index < -0.39 is 44.6 Å². The normalized spacial score (nSPS) is 26.7. The Hall–Kier alpha value is -1.89. The minimum Gasteiger partial charge on any atom is -0.444 e. The van der Waals surface area contributed by atoms with Crippen LogP contribution in [-0.2, 0) is 19.4 Å². The molecule has 2 aliphatic heterocycles. The minimum atomic E-state index is -3.83. The molecule has 2 fully saturated rings. The number of ether oxygens (including phenoxy) is 1. The summed E-state index contributed by atoms with van der Waals surface area (Å²) in [5, 5.41) is -1.20. The number of benzene rings is 1. The van der Waals surface area contributed by atoms with Crippen molar-refractivity contribution in [3.63, 3.8) is 0 Å². The van der Waals surface area contributed by atoms with Gasteiger partial charge in [-0.15, -0.1) is 0 Å². The molecule has 7 heteroatoms. The molecule has 1 amide bonds. The molecule has 2 saturated heterocycles. The Morgan fingerprint density at radius 1 is 1.17 bits per heavy atom. The number of amides is 1. The third-order valence-corrected chi connectivity index (χ3v) is 6.54. The van der Waals surface area contributed by atoms with Gasteiger partial charge >= 0.3 is 6.09 Å². The molecular formula is C17H21NO5S. The zero-order chi connectivity index (χ0) is 17.7. The van der Waals surface area contributed by atoms with Gasteiger partial charge in [-0.3, -0.25) is 9.69 Å².